The van der Waals surface area contributed by atoms with E-state index in [1.165, 1.54) is 12.8 Å². The van der Waals surface area contributed by atoms with Crippen molar-refractivity contribution in [3.8, 4) is 0 Å². The van der Waals surface area contributed by atoms with Crippen molar-refractivity contribution in [2.24, 2.45) is 0 Å². The molecule has 0 radical (unpaired) electrons. The topological polar surface area (TPSA) is 63.2 Å². The molecular weight excluding hydrogens is 230 g/mol. The Kier molecular flexibility index (Phi) is 3.15. The number of hydrogen-bond donors (Lipinski definition) is 2. The van der Waals surface area contributed by atoms with E-state index in [4.69, 9.17) is 4.74 Å². The van der Waals surface area contributed by atoms with Gasteiger partial charge in [0.1, 0.15) is 11.9 Å². The second kappa shape index (κ2) is 4.94. The molecule has 2 N–H and O–H groups in total. The number of hydrogen-bond acceptors (Lipinski definition) is 4. The van der Waals surface area contributed by atoms with Crippen molar-refractivity contribution in [3.05, 3.63) is 18.3 Å². The van der Waals surface area contributed by atoms with Gasteiger partial charge in [-0.25, -0.2) is 4.98 Å². The van der Waals surface area contributed by atoms with Gasteiger partial charge in [-0.2, -0.15) is 0 Å². The number of anilines is 2. The Morgan fingerprint density at radius 1 is 1.33 bits per heavy atom. The third-order valence-corrected chi connectivity index (χ3v) is 3.18. The first-order valence-electron chi connectivity index (χ1n) is 6.46. The highest BCUT2D eigenvalue weighted by molar-refractivity contribution is 5.94. The summed E-state index contributed by atoms with van der Waals surface area (Å²) in [4.78, 5) is 16.1. The number of ether oxygens (including phenoxy) is 1. The van der Waals surface area contributed by atoms with Crippen LogP contribution in [0.3, 0.4) is 0 Å². The summed E-state index contributed by atoms with van der Waals surface area (Å²) in [7, 11) is 0. The molecule has 1 aliphatic heterocycles. The first-order chi connectivity index (χ1) is 8.81. The summed E-state index contributed by atoms with van der Waals surface area (Å²) >= 11 is 0. The highest BCUT2D eigenvalue weighted by atomic mass is 16.5. The molecule has 2 heterocycles. The van der Waals surface area contributed by atoms with Crippen molar-refractivity contribution in [2.45, 2.75) is 37.8 Å². The zero-order valence-electron chi connectivity index (χ0n) is 10.2. The van der Waals surface area contributed by atoms with Gasteiger partial charge >= 0.3 is 0 Å². The van der Waals surface area contributed by atoms with E-state index in [1.54, 1.807) is 6.20 Å². The van der Waals surface area contributed by atoms with Gasteiger partial charge in [0.2, 0.25) is 0 Å². The molecule has 5 nitrogen and oxygen atoms in total. The Bertz CT molecular complexity index is 422. The SMILES string of the molecule is O=C(Nc1ccc(NC2CC2)nc1)C1CCCO1. The van der Waals surface area contributed by atoms with E-state index in [9.17, 15) is 4.79 Å². The number of carbonyl (C=O) groups excluding carboxylic acids is 1. The number of rotatable bonds is 4. The van der Waals surface area contributed by atoms with Gasteiger partial charge in [0.05, 0.1) is 11.9 Å². The molecule has 0 aromatic carbocycles. The summed E-state index contributed by atoms with van der Waals surface area (Å²) in [6.07, 6.45) is 5.59. The second-order valence-electron chi connectivity index (χ2n) is 4.84. The fourth-order valence-corrected chi connectivity index (χ4v) is 2.00. The summed E-state index contributed by atoms with van der Waals surface area (Å²) in [5.74, 6) is 0.796. The van der Waals surface area contributed by atoms with Crippen LogP contribution in [-0.4, -0.2) is 29.6 Å². The van der Waals surface area contributed by atoms with Crippen molar-refractivity contribution < 1.29 is 9.53 Å². The van der Waals surface area contributed by atoms with E-state index in [0.29, 0.717) is 12.6 Å². The monoisotopic (exact) mass is 247 g/mol. The van der Waals surface area contributed by atoms with Crippen LogP contribution in [0.15, 0.2) is 18.3 Å². The Hall–Kier alpha value is -1.62. The molecule has 1 aromatic rings. The lowest BCUT2D eigenvalue weighted by atomic mass is 10.2. The fraction of sp³-hybridized carbons (Fsp3) is 0.538. The predicted octanol–water partition coefficient (Wildman–Crippen LogP) is 1.77. The van der Waals surface area contributed by atoms with E-state index in [1.807, 2.05) is 12.1 Å². The average Bonchev–Trinajstić information content (AvgIpc) is 3.02. The third-order valence-electron chi connectivity index (χ3n) is 3.18. The maximum atomic E-state index is 11.8. The number of nitrogens with one attached hydrogen (secondary N) is 2. The van der Waals surface area contributed by atoms with Crippen molar-refractivity contribution >= 4 is 17.4 Å². The molecule has 1 atom stereocenters. The van der Waals surface area contributed by atoms with Crippen molar-refractivity contribution in [1.82, 2.24) is 4.98 Å². The van der Waals surface area contributed by atoms with Crippen LogP contribution in [0.1, 0.15) is 25.7 Å². The highest BCUT2D eigenvalue weighted by Crippen LogP contribution is 2.24. The normalized spacial score (nSPS) is 22.8. The zero-order valence-corrected chi connectivity index (χ0v) is 10.2. The molecule has 18 heavy (non-hydrogen) atoms. The molecule has 0 bridgehead atoms. The van der Waals surface area contributed by atoms with E-state index in [-0.39, 0.29) is 12.0 Å². The van der Waals surface area contributed by atoms with Gasteiger partial charge in [0.25, 0.3) is 5.91 Å². The van der Waals surface area contributed by atoms with Crippen LogP contribution in [0, 0.1) is 0 Å². The van der Waals surface area contributed by atoms with Crippen LogP contribution >= 0.6 is 0 Å². The minimum Gasteiger partial charge on any atom is -0.368 e. The number of carbonyl (C=O) groups is 1. The van der Waals surface area contributed by atoms with E-state index >= 15 is 0 Å². The largest absolute Gasteiger partial charge is 0.368 e. The molecule has 1 amide bonds. The summed E-state index contributed by atoms with van der Waals surface area (Å²) < 4.78 is 5.33. The highest BCUT2D eigenvalue weighted by Gasteiger charge is 2.24. The van der Waals surface area contributed by atoms with E-state index < -0.39 is 0 Å². The molecule has 2 fully saturated rings. The molecule has 1 unspecified atom stereocenters. The van der Waals surface area contributed by atoms with E-state index in [0.717, 1.165) is 24.3 Å². The maximum Gasteiger partial charge on any atom is 0.253 e. The van der Waals surface area contributed by atoms with Crippen LogP contribution in [0.5, 0.6) is 0 Å². The van der Waals surface area contributed by atoms with Gasteiger partial charge in [0.15, 0.2) is 0 Å². The van der Waals surface area contributed by atoms with Crippen LogP contribution in [-0.2, 0) is 9.53 Å². The minimum absolute atomic E-state index is 0.0720. The molecule has 1 saturated heterocycles. The van der Waals surface area contributed by atoms with Crippen molar-refractivity contribution in [1.29, 1.82) is 0 Å². The summed E-state index contributed by atoms with van der Waals surface area (Å²) in [6.45, 7) is 0.681. The van der Waals surface area contributed by atoms with Crippen LogP contribution in [0.25, 0.3) is 0 Å². The van der Waals surface area contributed by atoms with Crippen LogP contribution in [0.2, 0.25) is 0 Å². The van der Waals surface area contributed by atoms with Gasteiger partial charge < -0.3 is 15.4 Å². The first kappa shape index (κ1) is 11.5. The smallest absolute Gasteiger partial charge is 0.253 e. The maximum absolute atomic E-state index is 11.8. The molecule has 1 saturated carbocycles. The number of amides is 1. The number of aromatic nitrogens is 1. The Morgan fingerprint density at radius 2 is 2.22 bits per heavy atom. The molecule has 0 spiro atoms. The van der Waals surface area contributed by atoms with Crippen molar-refractivity contribution in [3.63, 3.8) is 0 Å². The molecule has 3 rings (SSSR count). The molecule has 5 heteroatoms. The van der Waals surface area contributed by atoms with Gasteiger partial charge in [-0.15, -0.1) is 0 Å². The molecule has 2 aliphatic rings. The van der Waals surface area contributed by atoms with E-state index in [2.05, 4.69) is 15.6 Å². The Morgan fingerprint density at radius 3 is 2.83 bits per heavy atom. The summed E-state index contributed by atoms with van der Waals surface area (Å²) in [5, 5.41) is 6.13. The molecular formula is C13H17N3O2. The van der Waals surface area contributed by atoms with Gasteiger partial charge in [-0.1, -0.05) is 0 Å². The third kappa shape index (κ3) is 2.79. The zero-order chi connectivity index (χ0) is 12.4. The van der Waals surface area contributed by atoms with Crippen LogP contribution in [0.4, 0.5) is 11.5 Å². The summed E-state index contributed by atoms with van der Waals surface area (Å²) in [6, 6.07) is 4.35. The minimum atomic E-state index is -0.297. The quantitative estimate of drug-likeness (QED) is 0.851. The lowest BCUT2D eigenvalue weighted by molar-refractivity contribution is -0.124. The molecule has 1 aromatic heterocycles. The second-order valence-corrected chi connectivity index (χ2v) is 4.84. The predicted molar refractivity (Wildman–Crippen MR) is 68.5 cm³/mol. The molecule has 1 aliphatic carbocycles. The van der Waals surface area contributed by atoms with Gasteiger partial charge in [-0.05, 0) is 37.8 Å². The fourth-order valence-electron chi connectivity index (χ4n) is 2.00. The molecule has 96 valence electrons. The standard InChI is InChI=1S/C13H17N3O2/c17-13(11-2-1-7-18-11)16-10-5-6-12(14-8-10)15-9-3-4-9/h5-6,8-9,11H,1-4,7H2,(H,14,15)(H,16,17). The number of pyridine rings is 1. The lowest BCUT2D eigenvalue weighted by Crippen LogP contribution is -2.26. The average molecular weight is 247 g/mol. The van der Waals surface area contributed by atoms with Gasteiger partial charge in [-0.3, -0.25) is 4.79 Å². The Balaban J connectivity index is 1.56. The first-order valence-corrected chi connectivity index (χ1v) is 6.46. The number of nitrogens with zero attached hydrogens (tertiary/aromatic N) is 1. The lowest BCUT2D eigenvalue weighted by Gasteiger charge is -2.10. The van der Waals surface area contributed by atoms with Gasteiger partial charge in [0, 0.05) is 12.6 Å². The van der Waals surface area contributed by atoms with Crippen LogP contribution < -0.4 is 10.6 Å². The summed E-state index contributed by atoms with van der Waals surface area (Å²) in [5.41, 5.74) is 0.719. The Labute approximate surface area is 106 Å². The van der Waals surface area contributed by atoms with Crippen molar-refractivity contribution in [2.75, 3.05) is 17.2 Å².